The lowest BCUT2D eigenvalue weighted by molar-refractivity contribution is 0.173. The SMILES string of the molecule is Cn1nnc(CC(O)Cc2ccsc2)n1. The van der Waals surface area contributed by atoms with Crippen LogP contribution in [0.4, 0.5) is 0 Å². The zero-order valence-electron chi connectivity index (χ0n) is 8.37. The summed E-state index contributed by atoms with van der Waals surface area (Å²) in [7, 11) is 1.71. The van der Waals surface area contributed by atoms with Crippen molar-refractivity contribution in [2.24, 2.45) is 7.05 Å². The van der Waals surface area contributed by atoms with Gasteiger partial charge in [0.2, 0.25) is 0 Å². The Morgan fingerprint density at radius 3 is 3.00 bits per heavy atom. The fraction of sp³-hybridized carbons (Fsp3) is 0.444. The molecule has 2 heterocycles. The maximum Gasteiger partial charge on any atom is 0.177 e. The average Bonchev–Trinajstić information content (AvgIpc) is 2.77. The van der Waals surface area contributed by atoms with Crippen LogP contribution in [0, 0.1) is 0 Å². The highest BCUT2D eigenvalue weighted by Crippen LogP contribution is 2.10. The van der Waals surface area contributed by atoms with Gasteiger partial charge in [-0.25, -0.2) is 0 Å². The molecule has 0 aliphatic heterocycles. The molecule has 0 bridgehead atoms. The van der Waals surface area contributed by atoms with Crippen LogP contribution in [0.1, 0.15) is 11.4 Å². The van der Waals surface area contributed by atoms with Gasteiger partial charge in [0.15, 0.2) is 5.82 Å². The van der Waals surface area contributed by atoms with Crippen LogP contribution in [0.5, 0.6) is 0 Å². The summed E-state index contributed by atoms with van der Waals surface area (Å²) in [5, 5.41) is 25.4. The molecule has 0 aliphatic rings. The third-order valence-corrected chi connectivity index (χ3v) is 2.75. The number of nitrogens with zero attached hydrogens (tertiary/aromatic N) is 4. The quantitative estimate of drug-likeness (QED) is 0.817. The van der Waals surface area contributed by atoms with Crippen molar-refractivity contribution in [3.63, 3.8) is 0 Å². The number of aromatic nitrogens is 4. The molecule has 2 rings (SSSR count). The standard InChI is InChI=1S/C9H12N4OS/c1-13-11-9(10-12-13)5-8(14)4-7-2-3-15-6-7/h2-3,6,8,14H,4-5H2,1H3. The van der Waals surface area contributed by atoms with Gasteiger partial charge in [-0.3, -0.25) is 0 Å². The molecule has 5 nitrogen and oxygen atoms in total. The topological polar surface area (TPSA) is 63.8 Å². The zero-order chi connectivity index (χ0) is 10.7. The van der Waals surface area contributed by atoms with E-state index in [1.807, 2.05) is 16.8 Å². The smallest absolute Gasteiger partial charge is 0.177 e. The molecule has 0 amide bonds. The van der Waals surface area contributed by atoms with E-state index in [1.54, 1.807) is 18.4 Å². The van der Waals surface area contributed by atoms with E-state index in [0.717, 1.165) is 5.56 Å². The maximum atomic E-state index is 9.77. The molecule has 6 heteroatoms. The largest absolute Gasteiger partial charge is 0.392 e. The molecule has 0 aromatic carbocycles. The molecule has 0 saturated carbocycles. The van der Waals surface area contributed by atoms with E-state index in [2.05, 4.69) is 15.4 Å². The first-order valence-electron chi connectivity index (χ1n) is 4.66. The van der Waals surface area contributed by atoms with Crippen LogP contribution in [-0.2, 0) is 19.9 Å². The lowest BCUT2D eigenvalue weighted by Crippen LogP contribution is -2.14. The minimum absolute atomic E-state index is 0.441. The second-order valence-corrected chi connectivity index (χ2v) is 4.17. The number of tetrazole rings is 1. The maximum absolute atomic E-state index is 9.77. The molecule has 0 spiro atoms. The molecular formula is C9H12N4OS. The van der Waals surface area contributed by atoms with E-state index >= 15 is 0 Å². The van der Waals surface area contributed by atoms with Gasteiger partial charge < -0.3 is 5.11 Å². The van der Waals surface area contributed by atoms with Gasteiger partial charge in [-0.2, -0.15) is 16.1 Å². The van der Waals surface area contributed by atoms with Crippen LogP contribution in [0.25, 0.3) is 0 Å². The first kappa shape index (κ1) is 10.3. The fourth-order valence-electron chi connectivity index (χ4n) is 1.37. The summed E-state index contributed by atoms with van der Waals surface area (Å²) in [6.07, 6.45) is 0.648. The van der Waals surface area contributed by atoms with Gasteiger partial charge in [-0.15, -0.1) is 10.2 Å². The Bertz CT molecular complexity index is 411. The van der Waals surface area contributed by atoms with E-state index in [-0.39, 0.29) is 0 Å². The van der Waals surface area contributed by atoms with Gasteiger partial charge in [0.05, 0.1) is 13.2 Å². The highest BCUT2D eigenvalue weighted by atomic mass is 32.1. The van der Waals surface area contributed by atoms with Crippen molar-refractivity contribution in [1.82, 2.24) is 20.2 Å². The van der Waals surface area contributed by atoms with Gasteiger partial charge >= 0.3 is 0 Å². The molecule has 0 saturated heterocycles. The number of hydrogen-bond donors (Lipinski definition) is 1. The Hall–Kier alpha value is -1.27. The summed E-state index contributed by atoms with van der Waals surface area (Å²) in [6.45, 7) is 0. The third kappa shape index (κ3) is 2.84. The number of aliphatic hydroxyl groups is 1. The van der Waals surface area contributed by atoms with E-state index in [1.165, 1.54) is 4.80 Å². The van der Waals surface area contributed by atoms with Gasteiger partial charge in [-0.05, 0) is 34.0 Å². The Labute approximate surface area is 91.4 Å². The number of hydrogen-bond acceptors (Lipinski definition) is 5. The molecule has 0 fully saturated rings. The average molecular weight is 224 g/mol. The van der Waals surface area contributed by atoms with Crippen LogP contribution in [-0.4, -0.2) is 31.4 Å². The second kappa shape index (κ2) is 4.50. The summed E-state index contributed by atoms with van der Waals surface area (Å²) in [5.41, 5.74) is 1.15. The Morgan fingerprint density at radius 1 is 1.53 bits per heavy atom. The predicted molar refractivity (Wildman–Crippen MR) is 56.5 cm³/mol. The summed E-state index contributed by atoms with van der Waals surface area (Å²) in [6, 6.07) is 2.01. The molecule has 1 atom stereocenters. The van der Waals surface area contributed by atoms with Crippen molar-refractivity contribution in [1.29, 1.82) is 0 Å². The zero-order valence-corrected chi connectivity index (χ0v) is 9.18. The third-order valence-electron chi connectivity index (χ3n) is 2.02. The van der Waals surface area contributed by atoms with Crippen LogP contribution in [0.2, 0.25) is 0 Å². The number of aliphatic hydroxyl groups excluding tert-OH is 1. The van der Waals surface area contributed by atoms with Gasteiger partial charge in [0.25, 0.3) is 0 Å². The Balaban J connectivity index is 1.90. The predicted octanol–water partition coefficient (Wildman–Crippen LogP) is 0.418. The first-order valence-corrected chi connectivity index (χ1v) is 5.60. The van der Waals surface area contributed by atoms with Crippen molar-refractivity contribution in [3.8, 4) is 0 Å². The molecule has 1 N–H and O–H groups in total. The molecular weight excluding hydrogens is 212 g/mol. The van der Waals surface area contributed by atoms with Crippen molar-refractivity contribution in [3.05, 3.63) is 28.2 Å². The van der Waals surface area contributed by atoms with Crippen LogP contribution >= 0.6 is 11.3 Å². The van der Waals surface area contributed by atoms with Gasteiger partial charge in [0, 0.05) is 6.42 Å². The Morgan fingerprint density at radius 2 is 2.40 bits per heavy atom. The number of thiophene rings is 1. The molecule has 2 aromatic heterocycles. The molecule has 15 heavy (non-hydrogen) atoms. The van der Waals surface area contributed by atoms with Crippen molar-refractivity contribution < 1.29 is 5.11 Å². The molecule has 0 radical (unpaired) electrons. The van der Waals surface area contributed by atoms with E-state index < -0.39 is 6.10 Å². The minimum Gasteiger partial charge on any atom is -0.392 e. The first-order chi connectivity index (χ1) is 7.24. The lowest BCUT2D eigenvalue weighted by Gasteiger charge is -2.05. The van der Waals surface area contributed by atoms with Crippen LogP contribution in [0.3, 0.4) is 0 Å². The normalized spacial score (nSPS) is 12.9. The van der Waals surface area contributed by atoms with Crippen molar-refractivity contribution >= 4 is 11.3 Å². The van der Waals surface area contributed by atoms with Crippen molar-refractivity contribution in [2.75, 3.05) is 0 Å². The van der Waals surface area contributed by atoms with Crippen LogP contribution < -0.4 is 0 Å². The van der Waals surface area contributed by atoms with Crippen LogP contribution in [0.15, 0.2) is 16.8 Å². The molecule has 1 unspecified atom stereocenters. The van der Waals surface area contributed by atoms with E-state index in [0.29, 0.717) is 18.7 Å². The fourth-order valence-corrected chi connectivity index (χ4v) is 2.05. The highest BCUT2D eigenvalue weighted by Gasteiger charge is 2.10. The molecule has 80 valence electrons. The van der Waals surface area contributed by atoms with Crippen molar-refractivity contribution in [2.45, 2.75) is 18.9 Å². The summed E-state index contributed by atoms with van der Waals surface area (Å²) >= 11 is 1.63. The minimum atomic E-state index is -0.441. The summed E-state index contributed by atoms with van der Waals surface area (Å²) < 4.78 is 0. The van der Waals surface area contributed by atoms with E-state index in [4.69, 9.17) is 0 Å². The highest BCUT2D eigenvalue weighted by molar-refractivity contribution is 7.07. The summed E-state index contributed by atoms with van der Waals surface area (Å²) in [5.74, 6) is 0.584. The number of rotatable bonds is 4. The number of aryl methyl sites for hydroxylation is 1. The molecule has 2 aromatic rings. The summed E-state index contributed by atoms with van der Waals surface area (Å²) in [4.78, 5) is 1.40. The van der Waals surface area contributed by atoms with Gasteiger partial charge in [0.1, 0.15) is 0 Å². The second-order valence-electron chi connectivity index (χ2n) is 3.39. The lowest BCUT2D eigenvalue weighted by atomic mass is 10.1. The Kier molecular flexibility index (Phi) is 3.08. The molecule has 0 aliphatic carbocycles. The van der Waals surface area contributed by atoms with E-state index in [9.17, 15) is 5.11 Å². The van der Waals surface area contributed by atoms with Gasteiger partial charge in [-0.1, -0.05) is 0 Å². The monoisotopic (exact) mass is 224 g/mol.